The topological polar surface area (TPSA) is 35.2 Å². The van der Waals surface area contributed by atoms with Crippen molar-refractivity contribution in [3.8, 4) is 5.75 Å². The number of hydrogen-bond acceptors (Lipinski definition) is 3. The summed E-state index contributed by atoms with van der Waals surface area (Å²) in [4.78, 5) is 1.09. The van der Waals surface area contributed by atoms with Crippen LogP contribution in [0.25, 0.3) is 0 Å². The van der Waals surface area contributed by atoms with Crippen LogP contribution in [-0.2, 0) is 6.42 Å². The van der Waals surface area contributed by atoms with Gasteiger partial charge in [0.25, 0.3) is 0 Å². The Morgan fingerprint density at radius 2 is 2.20 bits per heavy atom. The molecular weight excluding hydrogens is 206 g/mol. The molecule has 1 heterocycles. The highest BCUT2D eigenvalue weighted by Gasteiger charge is 2.32. The van der Waals surface area contributed by atoms with Crippen LogP contribution < -0.4 is 10.5 Å². The van der Waals surface area contributed by atoms with E-state index in [0.29, 0.717) is 0 Å². The van der Waals surface area contributed by atoms with Gasteiger partial charge in [0.1, 0.15) is 5.75 Å². The van der Waals surface area contributed by atoms with Crippen LogP contribution in [0.4, 0.5) is 0 Å². The average Bonchev–Trinajstić information content (AvgIpc) is 2.39. The van der Waals surface area contributed by atoms with Crippen LogP contribution in [0.3, 0.4) is 0 Å². The zero-order valence-corrected chi connectivity index (χ0v) is 10.2. The minimum atomic E-state index is -0.143. The normalized spacial score (nSPS) is 19.5. The van der Waals surface area contributed by atoms with Crippen molar-refractivity contribution in [1.82, 2.24) is 0 Å². The maximum atomic E-state index is 5.93. The number of fused-ring (bicyclic) bond motifs is 1. The molecule has 1 aromatic rings. The lowest BCUT2D eigenvalue weighted by Gasteiger charge is -2.17. The van der Waals surface area contributed by atoms with Gasteiger partial charge in [-0.05, 0) is 38.8 Å². The number of ether oxygens (including phenoxy) is 1. The summed E-state index contributed by atoms with van der Waals surface area (Å²) in [5.41, 5.74) is 7.05. The van der Waals surface area contributed by atoms with Gasteiger partial charge in [-0.2, -0.15) is 0 Å². The van der Waals surface area contributed by atoms with Crippen molar-refractivity contribution in [2.75, 3.05) is 0 Å². The monoisotopic (exact) mass is 223 g/mol. The molecule has 0 bridgehead atoms. The van der Waals surface area contributed by atoms with Crippen molar-refractivity contribution < 1.29 is 4.74 Å². The van der Waals surface area contributed by atoms with E-state index in [0.717, 1.165) is 12.2 Å². The molecule has 82 valence electrons. The second-order valence-corrected chi connectivity index (χ2v) is 6.16. The first kappa shape index (κ1) is 10.8. The van der Waals surface area contributed by atoms with Crippen molar-refractivity contribution >= 4 is 11.8 Å². The molecule has 0 radical (unpaired) electrons. The van der Waals surface area contributed by atoms with Crippen LogP contribution in [0.15, 0.2) is 23.1 Å². The molecular formula is C12H17NOS. The Balaban J connectivity index is 2.33. The zero-order chi connectivity index (χ0) is 11.1. The van der Waals surface area contributed by atoms with Crippen molar-refractivity contribution in [3.05, 3.63) is 23.8 Å². The highest BCUT2D eigenvalue weighted by molar-refractivity contribution is 8.00. The van der Waals surface area contributed by atoms with Gasteiger partial charge in [-0.25, -0.2) is 0 Å². The van der Waals surface area contributed by atoms with Crippen LogP contribution in [-0.4, -0.2) is 11.0 Å². The SMILES string of the molecule is CC(N)Cc1cccc2c1OC(C)(C)S2. The molecule has 3 heteroatoms. The molecule has 0 saturated carbocycles. The van der Waals surface area contributed by atoms with Gasteiger partial charge in [0, 0.05) is 6.04 Å². The van der Waals surface area contributed by atoms with Crippen LogP contribution in [0.5, 0.6) is 5.75 Å². The standard InChI is InChI=1S/C12H17NOS/c1-8(13)7-9-5-4-6-10-11(9)14-12(2,3)15-10/h4-6,8H,7,13H2,1-3H3. The fourth-order valence-corrected chi connectivity index (χ4v) is 2.86. The van der Waals surface area contributed by atoms with Crippen molar-refractivity contribution in [2.24, 2.45) is 5.73 Å². The van der Waals surface area contributed by atoms with E-state index in [2.05, 4.69) is 32.0 Å². The molecule has 1 atom stereocenters. The fourth-order valence-electron chi connectivity index (χ4n) is 1.80. The molecule has 1 aliphatic rings. The molecule has 2 rings (SSSR count). The average molecular weight is 223 g/mol. The third-order valence-electron chi connectivity index (χ3n) is 2.31. The van der Waals surface area contributed by atoms with Crippen LogP contribution in [0.2, 0.25) is 0 Å². The smallest absolute Gasteiger partial charge is 0.153 e. The molecule has 0 aliphatic carbocycles. The second kappa shape index (κ2) is 3.72. The summed E-state index contributed by atoms with van der Waals surface area (Å²) < 4.78 is 5.93. The van der Waals surface area contributed by atoms with Gasteiger partial charge in [-0.15, -0.1) is 0 Å². The van der Waals surface area contributed by atoms with Gasteiger partial charge >= 0.3 is 0 Å². The summed E-state index contributed by atoms with van der Waals surface area (Å²) in [6.45, 7) is 6.20. The minimum absolute atomic E-state index is 0.143. The van der Waals surface area contributed by atoms with E-state index in [1.807, 2.05) is 6.92 Å². The summed E-state index contributed by atoms with van der Waals surface area (Å²) in [5, 5.41) is 0. The lowest BCUT2D eigenvalue weighted by atomic mass is 10.1. The molecule has 2 nitrogen and oxygen atoms in total. The number of rotatable bonds is 2. The van der Waals surface area contributed by atoms with Crippen molar-refractivity contribution in [3.63, 3.8) is 0 Å². The Hall–Kier alpha value is -0.670. The number of para-hydroxylation sites is 1. The summed E-state index contributed by atoms with van der Waals surface area (Å²) in [6, 6.07) is 6.46. The van der Waals surface area contributed by atoms with Gasteiger partial charge in [0.15, 0.2) is 4.93 Å². The van der Waals surface area contributed by atoms with Gasteiger partial charge in [-0.1, -0.05) is 23.9 Å². The summed E-state index contributed by atoms with van der Waals surface area (Å²) >= 11 is 1.77. The molecule has 1 aromatic carbocycles. The second-order valence-electron chi connectivity index (χ2n) is 4.53. The predicted octanol–water partition coefficient (Wildman–Crippen LogP) is 2.80. The van der Waals surface area contributed by atoms with E-state index in [4.69, 9.17) is 10.5 Å². The molecule has 15 heavy (non-hydrogen) atoms. The molecule has 0 aromatic heterocycles. The summed E-state index contributed by atoms with van der Waals surface area (Å²) in [5.74, 6) is 1.03. The Morgan fingerprint density at radius 3 is 2.87 bits per heavy atom. The molecule has 0 spiro atoms. The molecule has 0 fully saturated rings. The summed E-state index contributed by atoms with van der Waals surface area (Å²) in [6.07, 6.45) is 0.875. The van der Waals surface area contributed by atoms with E-state index in [-0.39, 0.29) is 11.0 Å². The van der Waals surface area contributed by atoms with Gasteiger partial charge in [0.05, 0.1) is 4.90 Å². The van der Waals surface area contributed by atoms with Crippen LogP contribution in [0.1, 0.15) is 26.3 Å². The zero-order valence-electron chi connectivity index (χ0n) is 9.41. The Kier molecular flexibility index (Phi) is 2.69. The lowest BCUT2D eigenvalue weighted by molar-refractivity contribution is 0.212. The molecule has 1 unspecified atom stereocenters. The third-order valence-corrected chi connectivity index (χ3v) is 3.42. The number of benzene rings is 1. The Labute approximate surface area is 95.2 Å². The van der Waals surface area contributed by atoms with E-state index in [9.17, 15) is 0 Å². The molecule has 1 aliphatic heterocycles. The van der Waals surface area contributed by atoms with E-state index in [1.165, 1.54) is 10.5 Å². The van der Waals surface area contributed by atoms with E-state index >= 15 is 0 Å². The number of nitrogens with two attached hydrogens (primary N) is 1. The molecule has 0 amide bonds. The first-order valence-electron chi connectivity index (χ1n) is 5.23. The molecule has 2 N–H and O–H groups in total. The first-order valence-corrected chi connectivity index (χ1v) is 6.05. The van der Waals surface area contributed by atoms with Gasteiger partial charge < -0.3 is 10.5 Å². The quantitative estimate of drug-likeness (QED) is 0.837. The maximum Gasteiger partial charge on any atom is 0.153 e. The largest absolute Gasteiger partial charge is 0.475 e. The first-order chi connectivity index (χ1) is 6.98. The van der Waals surface area contributed by atoms with Crippen molar-refractivity contribution in [2.45, 2.75) is 43.1 Å². The number of hydrogen-bond donors (Lipinski definition) is 1. The highest BCUT2D eigenvalue weighted by Crippen LogP contribution is 2.48. The van der Waals surface area contributed by atoms with Gasteiger partial charge in [0.2, 0.25) is 0 Å². The lowest BCUT2D eigenvalue weighted by Crippen LogP contribution is -2.21. The highest BCUT2D eigenvalue weighted by atomic mass is 32.2. The minimum Gasteiger partial charge on any atom is -0.475 e. The predicted molar refractivity (Wildman–Crippen MR) is 64.4 cm³/mol. The number of thioether (sulfide) groups is 1. The Morgan fingerprint density at radius 1 is 1.47 bits per heavy atom. The van der Waals surface area contributed by atoms with Crippen molar-refractivity contribution in [1.29, 1.82) is 0 Å². The Bertz CT molecular complexity index is 374. The van der Waals surface area contributed by atoms with E-state index in [1.54, 1.807) is 11.8 Å². The van der Waals surface area contributed by atoms with Crippen LogP contribution in [0, 0.1) is 0 Å². The van der Waals surface area contributed by atoms with Crippen LogP contribution >= 0.6 is 11.8 Å². The third kappa shape index (κ3) is 2.29. The summed E-state index contributed by atoms with van der Waals surface area (Å²) in [7, 11) is 0. The fraction of sp³-hybridized carbons (Fsp3) is 0.500. The maximum absolute atomic E-state index is 5.93. The van der Waals surface area contributed by atoms with Gasteiger partial charge in [-0.3, -0.25) is 0 Å². The molecule has 0 saturated heterocycles. The van der Waals surface area contributed by atoms with E-state index < -0.39 is 0 Å².